The summed E-state index contributed by atoms with van der Waals surface area (Å²) in [4.78, 5) is 38.7. The summed E-state index contributed by atoms with van der Waals surface area (Å²) in [6, 6.07) is 12.9. The van der Waals surface area contributed by atoms with E-state index in [-0.39, 0.29) is 29.6 Å². The third-order valence-corrected chi connectivity index (χ3v) is 7.91. The molecule has 1 aliphatic rings. The van der Waals surface area contributed by atoms with Crippen molar-refractivity contribution in [2.75, 3.05) is 36.9 Å². The van der Waals surface area contributed by atoms with E-state index in [4.69, 9.17) is 4.74 Å². The summed E-state index contributed by atoms with van der Waals surface area (Å²) >= 11 is 0. The number of amides is 2. The zero-order valence-electron chi connectivity index (χ0n) is 27.5. The van der Waals surface area contributed by atoms with Crippen molar-refractivity contribution < 1.29 is 27.5 Å². The quantitative estimate of drug-likeness (QED) is 0.115. The van der Waals surface area contributed by atoms with Crippen LogP contribution in [0.15, 0.2) is 48.5 Å². The minimum Gasteiger partial charge on any atom is -0.454 e. The first kappa shape index (κ1) is 36.4. The van der Waals surface area contributed by atoms with Gasteiger partial charge in [0.05, 0.1) is 0 Å². The van der Waals surface area contributed by atoms with Gasteiger partial charge in [0.1, 0.15) is 6.04 Å². The summed E-state index contributed by atoms with van der Waals surface area (Å²) in [6.45, 7) is 4.97. The van der Waals surface area contributed by atoms with Crippen LogP contribution in [0.25, 0.3) is 0 Å². The first-order valence-corrected chi connectivity index (χ1v) is 16.5. The minimum absolute atomic E-state index is 0.0173. The Morgan fingerprint density at radius 1 is 0.979 bits per heavy atom. The highest BCUT2D eigenvalue weighted by atomic mass is 19.4. The lowest BCUT2D eigenvalue weighted by Gasteiger charge is -2.30. The number of anilines is 3. The molecule has 4 rings (SSSR count). The molecule has 2 aromatic carbocycles. The highest BCUT2D eigenvalue weighted by molar-refractivity contribution is 5.98. The Balaban J connectivity index is 1.41. The number of aromatic nitrogens is 3. The van der Waals surface area contributed by atoms with Gasteiger partial charge in [0.25, 0.3) is 5.91 Å². The van der Waals surface area contributed by atoms with E-state index < -0.39 is 24.8 Å². The normalized spacial score (nSPS) is 15.3. The topological polar surface area (TPSA) is 142 Å². The molecule has 2 amide bonds. The van der Waals surface area contributed by atoms with E-state index in [1.165, 1.54) is 6.42 Å². The van der Waals surface area contributed by atoms with Crippen molar-refractivity contribution in [1.82, 2.24) is 30.9 Å². The van der Waals surface area contributed by atoms with Crippen LogP contribution in [0.5, 0.6) is 6.01 Å². The molecule has 2 unspecified atom stereocenters. The van der Waals surface area contributed by atoms with Crippen molar-refractivity contribution in [2.45, 2.75) is 77.6 Å². The predicted molar refractivity (Wildman–Crippen MR) is 178 cm³/mol. The number of unbranched alkanes of at least 4 members (excludes halogenated alkanes) is 4. The Hall–Kier alpha value is -4.46. The molecule has 5 N–H and O–H groups in total. The van der Waals surface area contributed by atoms with E-state index in [1.54, 1.807) is 24.3 Å². The Morgan fingerprint density at radius 2 is 1.71 bits per heavy atom. The molecule has 2 atom stereocenters. The number of alkyl halides is 3. The Bertz CT molecular complexity index is 1450. The van der Waals surface area contributed by atoms with Crippen LogP contribution in [-0.4, -0.2) is 65.2 Å². The van der Waals surface area contributed by atoms with E-state index in [0.29, 0.717) is 30.9 Å². The highest BCUT2D eigenvalue weighted by Crippen LogP contribution is 2.21. The van der Waals surface area contributed by atoms with Crippen LogP contribution in [0.3, 0.4) is 0 Å². The molecule has 1 aliphatic heterocycles. The lowest BCUT2D eigenvalue weighted by Crippen LogP contribution is -2.54. The lowest BCUT2D eigenvalue weighted by atomic mass is 9.90. The molecule has 14 heteroatoms. The predicted octanol–water partition coefficient (Wildman–Crippen LogP) is 5.66. The monoisotopic (exact) mass is 670 g/mol. The number of hydrogen-bond acceptors (Lipinski definition) is 9. The maximum atomic E-state index is 13.3. The molecule has 1 saturated heterocycles. The summed E-state index contributed by atoms with van der Waals surface area (Å²) in [5.74, 6) is -0.641. The fourth-order valence-electron chi connectivity index (χ4n) is 5.26. The molecule has 48 heavy (non-hydrogen) atoms. The summed E-state index contributed by atoms with van der Waals surface area (Å²) in [6.07, 6.45) is 2.58. The zero-order valence-corrected chi connectivity index (χ0v) is 27.5. The third-order valence-electron chi connectivity index (χ3n) is 7.91. The molecule has 2 heterocycles. The second-order valence-corrected chi connectivity index (χ2v) is 12.0. The first-order chi connectivity index (χ1) is 23.1. The minimum atomic E-state index is -4.58. The van der Waals surface area contributed by atoms with Crippen molar-refractivity contribution in [2.24, 2.45) is 5.92 Å². The number of piperidine rings is 1. The van der Waals surface area contributed by atoms with Gasteiger partial charge in [0, 0.05) is 36.8 Å². The van der Waals surface area contributed by atoms with Gasteiger partial charge in [-0.15, -0.1) is 0 Å². The fourth-order valence-corrected chi connectivity index (χ4v) is 5.26. The third kappa shape index (κ3) is 12.3. The SMILES string of the molecule is CCCCCCCNC(=O)C(NC(=O)c1ccc(Nc2nc(NCc3ccc(C)cc3)nc(OCC(F)(F)F)n2)cc1)C1CCCNC1. The highest BCUT2D eigenvalue weighted by Gasteiger charge is 2.31. The molecule has 0 radical (unpaired) electrons. The standard InChI is InChI=1S/C34H45F3N8O3/c1-3-4-5-6-7-19-39-30(47)28(26-9-8-18-38-21-26)42-29(46)25-14-16-27(17-15-25)41-32-43-31(40-20-24-12-10-23(2)11-13-24)44-33(45-32)48-22-34(35,36)37/h10-17,26,28,38H,3-9,18-22H2,1-2H3,(H,39,47)(H,42,46)(H2,40,41,43,44,45). The number of nitrogens with one attached hydrogen (secondary N) is 5. The molecular formula is C34H45F3N8O3. The van der Waals surface area contributed by atoms with E-state index in [1.807, 2.05) is 31.2 Å². The molecule has 1 aromatic heterocycles. The van der Waals surface area contributed by atoms with Crippen LogP contribution >= 0.6 is 0 Å². The van der Waals surface area contributed by atoms with E-state index in [9.17, 15) is 22.8 Å². The van der Waals surface area contributed by atoms with E-state index in [0.717, 1.165) is 56.2 Å². The number of rotatable bonds is 17. The molecule has 0 aliphatic carbocycles. The second-order valence-electron chi connectivity index (χ2n) is 12.0. The Morgan fingerprint density at radius 3 is 2.40 bits per heavy atom. The Labute approximate surface area is 279 Å². The van der Waals surface area contributed by atoms with Gasteiger partial charge in [-0.1, -0.05) is 62.4 Å². The van der Waals surface area contributed by atoms with Crippen molar-refractivity contribution in [3.05, 3.63) is 65.2 Å². The van der Waals surface area contributed by atoms with Gasteiger partial charge >= 0.3 is 12.2 Å². The smallest absolute Gasteiger partial charge is 0.422 e. The lowest BCUT2D eigenvalue weighted by molar-refractivity contribution is -0.154. The second kappa shape index (κ2) is 18.2. The summed E-state index contributed by atoms with van der Waals surface area (Å²) in [5.41, 5.74) is 2.82. The van der Waals surface area contributed by atoms with E-state index in [2.05, 4.69) is 48.5 Å². The molecule has 0 spiro atoms. The molecule has 260 valence electrons. The van der Waals surface area contributed by atoms with E-state index >= 15 is 0 Å². The summed E-state index contributed by atoms with van der Waals surface area (Å²) in [5, 5.41) is 15.2. The van der Waals surface area contributed by atoms with Crippen LogP contribution in [0.2, 0.25) is 0 Å². The van der Waals surface area contributed by atoms with Gasteiger partial charge < -0.3 is 31.3 Å². The number of carbonyl (C=O) groups is 2. The van der Waals surface area contributed by atoms with Gasteiger partial charge in [0.2, 0.25) is 17.8 Å². The maximum Gasteiger partial charge on any atom is 0.422 e. The number of carbonyl (C=O) groups excluding carboxylic acids is 2. The fraction of sp³-hybridized carbons (Fsp3) is 0.500. The van der Waals surface area contributed by atoms with Crippen molar-refractivity contribution >= 4 is 29.4 Å². The van der Waals surface area contributed by atoms with Crippen LogP contribution in [0, 0.1) is 12.8 Å². The van der Waals surface area contributed by atoms with Gasteiger partial charge in [-0.2, -0.15) is 28.1 Å². The van der Waals surface area contributed by atoms with Crippen molar-refractivity contribution in [3.63, 3.8) is 0 Å². The number of ether oxygens (including phenoxy) is 1. The number of benzene rings is 2. The molecule has 1 fully saturated rings. The van der Waals surface area contributed by atoms with Gasteiger partial charge in [-0.3, -0.25) is 9.59 Å². The largest absolute Gasteiger partial charge is 0.454 e. The Kier molecular flexibility index (Phi) is 13.8. The van der Waals surface area contributed by atoms with Crippen LogP contribution in [0.1, 0.15) is 73.4 Å². The van der Waals surface area contributed by atoms with Gasteiger partial charge in [0.15, 0.2) is 6.61 Å². The molecule has 0 bridgehead atoms. The van der Waals surface area contributed by atoms with Gasteiger partial charge in [-0.25, -0.2) is 0 Å². The van der Waals surface area contributed by atoms with Crippen molar-refractivity contribution in [1.29, 1.82) is 0 Å². The molecule has 0 saturated carbocycles. The van der Waals surface area contributed by atoms with Crippen LogP contribution < -0.4 is 31.3 Å². The first-order valence-electron chi connectivity index (χ1n) is 16.5. The van der Waals surface area contributed by atoms with Crippen LogP contribution in [-0.2, 0) is 11.3 Å². The summed E-state index contributed by atoms with van der Waals surface area (Å²) < 4.78 is 43.3. The average Bonchev–Trinajstić information content (AvgIpc) is 3.07. The van der Waals surface area contributed by atoms with Crippen molar-refractivity contribution in [3.8, 4) is 6.01 Å². The molecule has 3 aromatic rings. The average molecular weight is 671 g/mol. The number of hydrogen-bond donors (Lipinski definition) is 5. The zero-order chi connectivity index (χ0) is 34.4. The molecule has 11 nitrogen and oxygen atoms in total. The van der Waals surface area contributed by atoms with Crippen LogP contribution in [0.4, 0.5) is 30.8 Å². The number of halogens is 3. The number of nitrogens with zero attached hydrogens (tertiary/aromatic N) is 3. The maximum absolute atomic E-state index is 13.3. The van der Waals surface area contributed by atoms with Gasteiger partial charge in [-0.05, 0) is 62.6 Å². The summed E-state index contributed by atoms with van der Waals surface area (Å²) in [7, 11) is 0. The molecular weight excluding hydrogens is 625 g/mol. The number of aryl methyl sites for hydroxylation is 1.